The maximum absolute atomic E-state index is 12.8. The number of allylic oxidation sites excluding steroid dienone is 1. The van der Waals surface area contributed by atoms with Crippen LogP contribution in [0.2, 0.25) is 0 Å². The first-order chi connectivity index (χ1) is 14.9. The fourth-order valence-electron chi connectivity index (χ4n) is 4.25. The van der Waals surface area contributed by atoms with Gasteiger partial charge >= 0.3 is 6.18 Å². The highest BCUT2D eigenvalue weighted by atomic mass is 32.2. The second-order valence-electron chi connectivity index (χ2n) is 8.11. The average molecular weight is 449 g/mol. The second-order valence-corrected chi connectivity index (χ2v) is 9.32. The van der Waals surface area contributed by atoms with Crippen LogP contribution in [-0.2, 0) is 6.54 Å². The molecule has 1 aromatic heterocycles. The summed E-state index contributed by atoms with van der Waals surface area (Å²) in [6.07, 6.45) is 1.90. The van der Waals surface area contributed by atoms with Crippen LogP contribution < -0.4 is 10.6 Å². The van der Waals surface area contributed by atoms with E-state index in [4.69, 9.17) is 0 Å². The highest BCUT2D eigenvalue weighted by Crippen LogP contribution is 2.43. The van der Waals surface area contributed by atoms with Crippen LogP contribution in [-0.4, -0.2) is 52.1 Å². The van der Waals surface area contributed by atoms with Crippen LogP contribution in [0.15, 0.2) is 51.8 Å². The number of aromatic amines is 1. The van der Waals surface area contributed by atoms with E-state index in [1.54, 1.807) is 12.4 Å². The van der Waals surface area contributed by atoms with Gasteiger partial charge in [0.25, 0.3) is 0 Å². The molecule has 1 unspecified atom stereocenters. The fraction of sp³-hybridized carbons (Fsp3) is 0.429. The summed E-state index contributed by atoms with van der Waals surface area (Å²) < 4.78 is 38.3. The van der Waals surface area contributed by atoms with Crippen molar-refractivity contribution in [3.05, 3.63) is 52.3 Å². The Labute approximate surface area is 182 Å². The molecule has 3 N–H and O–H groups in total. The van der Waals surface area contributed by atoms with Crippen LogP contribution >= 0.6 is 11.8 Å². The Hall–Kier alpha value is -2.46. The number of rotatable bonds is 5. The summed E-state index contributed by atoms with van der Waals surface area (Å²) in [4.78, 5) is 7.04. The van der Waals surface area contributed by atoms with E-state index in [9.17, 15) is 13.2 Å². The van der Waals surface area contributed by atoms with Crippen molar-refractivity contribution in [2.24, 2.45) is 4.99 Å². The molecule has 2 aromatic rings. The number of hydrogen-bond donors (Lipinski definition) is 3. The zero-order chi connectivity index (χ0) is 21.4. The molecule has 1 saturated heterocycles. The summed E-state index contributed by atoms with van der Waals surface area (Å²) in [5.74, 6) is 0.786. The molecule has 0 saturated carbocycles. The molecule has 164 valence electrons. The van der Waals surface area contributed by atoms with Crippen molar-refractivity contribution in [2.45, 2.75) is 43.4 Å². The van der Waals surface area contributed by atoms with Crippen molar-refractivity contribution in [3.8, 4) is 0 Å². The van der Waals surface area contributed by atoms with Gasteiger partial charge in [-0.3, -0.25) is 15.0 Å². The zero-order valence-corrected chi connectivity index (χ0v) is 17.6. The predicted octanol–water partition coefficient (Wildman–Crippen LogP) is 3.87. The number of thioether (sulfide) groups is 1. The molecule has 10 heteroatoms. The van der Waals surface area contributed by atoms with Crippen LogP contribution in [0.1, 0.15) is 24.8 Å². The topological polar surface area (TPSA) is 68.3 Å². The maximum Gasteiger partial charge on any atom is 0.393 e. The summed E-state index contributed by atoms with van der Waals surface area (Å²) in [5.41, 5.74) is 3.12. The van der Waals surface area contributed by atoms with Gasteiger partial charge in [0.2, 0.25) is 0 Å². The maximum atomic E-state index is 12.8. The molecule has 5 rings (SSSR count). The molecule has 1 fully saturated rings. The first kappa shape index (κ1) is 20.4. The normalized spacial score (nSPS) is 22.5. The number of aliphatic imine (C=N–C) groups is 1. The van der Waals surface area contributed by atoms with Gasteiger partial charge in [0.05, 0.1) is 24.5 Å². The van der Waals surface area contributed by atoms with E-state index >= 15 is 0 Å². The third-order valence-corrected chi connectivity index (χ3v) is 6.94. The first-order valence-corrected chi connectivity index (χ1v) is 11.2. The van der Waals surface area contributed by atoms with Crippen LogP contribution in [0.4, 0.5) is 13.2 Å². The van der Waals surface area contributed by atoms with E-state index in [0.29, 0.717) is 4.91 Å². The number of hydrogen-bond acceptors (Lipinski definition) is 6. The number of likely N-dealkylation sites (tertiary alicyclic amines) is 1. The Morgan fingerprint density at radius 3 is 2.87 bits per heavy atom. The molecule has 0 radical (unpaired) electrons. The second kappa shape index (κ2) is 8.23. The molecule has 6 nitrogen and oxygen atoms in total. The number of halogens is 3. The number of alkyl halides is 3. The van der Waals surface area contributed by atoms with Gasteiger partial charge in [-0.05, 0) is 41.5 Å². The van der Waals surface area contributed by atoms with Gasteiger partial charge in [-0.15, -0.1) is 0 Å². The monoisotopic (exact) mass is 448 g/mol. The summed E-state index contributed by atoms with van der Waals surface area (Å²) in [5, 5.41) is 14.5. The van der Waals surface area contributed by atoms with Gasteiger partial charge in [-0.2, -0.15) is 18.3 Å². The standard InChI is InChI=1S/C21H23F3N6S/c22-21(23,24)9-16-8-17-19(25-12-26-20(17)31-16)28-15-3-5-30(6-4-15)11-13-1-2-18-14(7-13)10-27-29-18/h1-2,7-8,10,12,15,20,28H,3-6,9,11H2,(H,25,26)(H,27,29). The molecule has 1 atom stereocenters. The number of aromatic nitrogens is 2. The molecule has 0 aliphatic carbocycles. The lowest BCUT2D eigenvalue weighted by Gasteiger charge is -2.34. The molecule has 0 spiro atoms. The fourth-order valence-corrected chi connectivity index (χ4v) is 5.41. The summed E-state index contributed by atoms with van der Waals surface area (Å²) in [7, 11) is 0. The Morgan fingerprint density at radius 2 is 2.06 bits per heavy atom. The SMILES string of the molecule is FC(F)(F)CC1=CC2=C(NC3CCN(Cc4ccc5[nH]ncc5c4)CC3)NC=NC2S1. The molecular weight excluding hydrogens is 425 g/mol. The zero-order valence-electron chi connectivity index (χ0n) is 16.7. The number of piperidine rings is 1. The Morgan fingerprint density at radius 1 is 1.23 bits per heavy atom. The highest BCUT2D eigenvalue weighted by Gasteiger charge is 2.35. The average Bonchev–Trinajstić information content (AvgIpc) is 3.34. The van der Waals surface area contributed by atoms with E-state index < -0.39 is 12.6 Å². The van der Waals surface area contributed by atoms with Crippen LogP contribution in [0.25, 0.3) is 10.9 Å². The van der Waals surface area contributed by atoms with Crippen molar-refractivity contribution in [3.63, 3.8) is 0 Å². The van der Waals surface area contributed by atoms with Crippen LogP contribution in [0.3, 0.4) is 0 Å². The molecule has 3 aliphatic rings. The minimum absolute atomic E-state index is 0.278. The van der Waals surface area contributed by atoms with Gasteiger partial charge in [0, 0.05) is 36.6 Å². The van der Waals surface area contributed by atoms with Crippen LogP contribution in [0.5, 0.6) is 0 Å². The lowest BCUT2D eigenvalue weighted by molar-refractivity contribution is -0.125. The molecule has 3 aliphatic heterocycles. The molecule has 0 amide bonds. The number of fused-ring (bicyclic) bond motifs is 2. The van der Waals surface area contributed by atoms with E-state index in [-0.39, 0.29) is 11.4 Å². The van der Waals surface area contributed by atoms with Crippen molar-refractivity contribution in [1.29, 1.82) is 0 Å². The van der Waals surface area contributed by atoms with Crippen molar-refractivity contribution < 1.29 is 13.2 Å². The number of benzene rings is 1. The summed E-state index contributed by atoms with van der Waals surface area (Å²) in [6.45, 7) is 2.82. The van der Waals surface area contributed by atoms with Gasteiger partial charge in [0.15, 0.2) is 0 Å². The molecule has 1 aromatic carbocycles. The lowest BCUT2D eigenvalue weighted by Crippen LogP contribution is -2.45. The number of H-pyrrole nitrogens is 1. The minimum atomic E-state index is -4.20. The quantitative estimate of drug-likeness (QED) is 0.648. The van der Waals surface area contributed by atoms with E-state index in [2.05, 4.69) is 48.9 Å². The Kier molecular flexibility index (Phi) is 5.43. The summed E-state index contributed by atoms with van der Waals surface area (Å²) in [6, 6.07) is 6.64. The molecule has 4 heterocycles. The molecule has 0 bridgehead atoms. The molecule has 31 heavy (non-hydrogen) atoms. The van der Waals surface area contributed by atoms with Crippen molar-refractivity contribution >= 4 is 29.0 Å². The van der Waals surface area contributed by atoms with Crippen molar-refractivity contribution in [2.75, 3.05) is 13.1 Å². The third-order valence-electron chi connectivity index (χ3n) is 5.77. The minimum Gasteiger partial charge on any atom is -0.368 e. The van der Waals surface area contributed by atoms with E-state index in [1.165, 1.54) is 17.3 Å². The Balaban J connectivity index is 1.18. The predicted molar refractivity (Wildman–Crippen MR) is 116 cm³/mol. The largest absolute Gasteiger partial charge is 0.393 e. The highest BCUT2D eigenvalue weighted by molar-refractivity contribution is 8.04. The third kappa shape index (κ3) is 4.74. The molecular formula is C21H23F3N6S. The van der Waals surface area contributed by atoms with Gasteiger partial charge in [0.1, 0.15) is 11.2 Å². The Bertz CT molecular complexity index is 1050. The number of nitrogens with zero attached hydrogens (tertiary/aromatic N) is 3. The van der Waals surface area contributed by atoms with Crippen molar-refractivity contribution in [1.82, 2.24) is 25.7 Å². The number of nitrogens with one attached hydrogen (secondary N) is 3. The van der Waals surface area contributed by atoms with Gasteiger partial charge in [-0.25, -0.2) is 0 Å². The van der Waals surface area contributed by atoms with Crippen LogP contribution in [0, 0.1) is 0 Å². The van der Waals surface area contributed by atoms with E-state index in [0.717, 1.165) is 54.8 Å². The van der Waals surface area contributed by atoms with E-state index in [1.807, 2.05) is 6.20 Å². The van der Waals surface area contributed by atoms with Gasteiger partial charge in [-0.1, -0.05) is 17.8 Å². The lowest BCUT2D eigenvalue weighted by atomic mass is 10.0. The van der Waals surface area contributed by atoms with Gasteiger partial charge < -0.3 is 10.6 Å². The summed E-state index contributed by atoms with van der Waals surface area (Å²) >= 11 is 1.18. The first-order valence-electron chi connectivity index (χ1n) is 10.3. The smallest absolute Gasteiger partial charge is 0.368 e.